The molecule has 1 aliphatic carbocycles. The number of hydrogen-bond acceptors (Lipinski definition) is 2. The van der Waals surface area contributed by atoms with Crippen molar-refractivity contribution in [2.45, 2.75) is 85.5 Å². The molecule has 0 unspecified atom stereocenters. The largest absolute Gasteiger partial charge is 0.376 e. The van der Waals surface area contributed by atoms with Crippen LogP contribution in [0.3, 0.4) is 0 Å². The second-order valence-corrected chi connectivity index (χ2v) is 22.7. The first-order valence-electron chi connectivity index (χ1n) is 25.2. The Morgan fingerprint density at radius 1 is 0.400 bits per heavy atom. The highest BCUT2D eigenvalue weighted by molar-refractivity contribution is 6.93. The fourth-order valence-electron chi connectivity index (χ4n) is 12.1. The Balaban J connectivity index is 1.25. The minimum absolute atomic E-state index is 0.0187. The first-order chi connectivity index (χ1) is 33.6. The Bertz CT molecular complexity index is 3530. The summed E-state index contributed by atoms with van der Waals surface area (Å²) in [7, 11) is 0. The summed E-state index contributed by atoms with van der Waals surface area (Å²) < 4.78 is 0. The SMILES string of the molecule is Cc1cccc(C)c1-c1cc2c3c(c1)N(c1ccc(C(C)(C)C)cc1-c1ccccc1)c1cc4c(cc1B3N(c1ccc(C(C)(C)C)cc1)c1ccc(-c3ccccc3)cc1-2)C(C)(C)c1ccccc1-4. The molecular formula is C67H61BN2. The summed E-state index contributed by atoms with van der Waals surface area (Å²) in [5.41, 5.74) is 28.9. The van der Waals surface area contributed by atoms with Crippen LogP contribution in [0.2, 0.25) is 0 Å². The fourth-order valence-corrected chi connectivity index (χ4v) is 12.1. The van der Waals surface area contributed by atoms with Crippen LogP contribution in [0.4, 0.5) is 28.4 Å². The van der Waals surface area contributed by atoms with Crippen LogP contribution in [0.1, 0.15) is 88.8 Å². The molecule has 3 heteroatoms. The summed E-state index contributed by atoms with van der Waals surface area (Å²) in [5.74, 6) is 0. The average molecular weight is 905 g/mol. The second kappa shape index (κ2) is 15.8. The first-order valence-corrected chi connectivity index (χ1v) is 25.2. The quantitative estimate of drug-likeness (QED) is 0.159. The molecule has 0 N–H and O–H groups in total. The van der Waals surface area contributed by atoms with Gasteiger partial charge in [0.25, 0.3) is 0 Å². The van der Waals surface area contributed by atoms with Crippen LogP contribution in [0.5, 0.6) is 0 Å². The van der Waals surface area contributed by atoms with Crippen LogP contribution < -0.4 is 20.6 Å². The molecule has 0 radical (unpaired) electrons. The van der Waals surface area contributed by atoms with Crippen LogP contribution in [0, 0.1) is 13.8 Å². The Labute approximate surface area is 416 Å². The van der Waals surface area contributed by atoms with E-state index in [-0.39, 0.29) is 23.1 Å². The summed E-state index contributed by atoms with van der Waals surface area (Å²) in [5, 5.41) is 0. The Hall–Kier alpha value is -7.36. The third-order valence-corrected chi connectivity index (χ3v) is 15.8. The zero-order valence-electron chi connectivity index (χ0n) is 42.4. The van der Waals surface area contributed by atoms with Crippen LogP contribution in [-0.4, -0.2) is 6.85 Å². The molecule has 0 amide bonds. The lowest BCUT2D eigenvalue weighted by atomic mass is 9.43. The number of rotatable bonds is 5. The van der Waals surface area contributed by atoms with Gasteiger partial charge in [0.05, 0.1) is 5.69 Å². The number of anilines is 5. The van der Waals surface area contributed by atoms with E-state index in [0.29, 0.717) is 0 Å². The molecule has 2 heterocycles. The van der Waals surface area contributed by atoms with Crippen molar-refractivity contribution >= 4 is 46.2 Å². The van der Waals surface area contributed by atoms with Gasteiger partial charge in [-0.2, -0.15) is 0 Å². The molecule has 3 aliphatic rings. The molecule has 0 atom stereocenters. The van der Waals surface area contributed by atoms with Crippen molar-refractivity contribution in [2.75, 3.05) is 9.71 Å². The van der Waals surface area contributed by atoms with E-state index in [4.69, 9.17) is 0 Å². The van der Waals surface area contributed by atoms with Crippen molar-refractivity contribution in [3.8, 4) is 55.6 Å². The van der Waals surface area contributed by atoms with Crippen molar-refractivity contribution in [3.05, 3.63) is 221 Å². The van der Waals surface area contributed by atoms with E-state index in [2.05, 4.69) is 267 Å². The van der Waals surface area contributed by atoms with Gasteiger partial charge in [-0.1, -0.05) is 189 Å². The monoisotopic (exact) mass is 904 g/mol. The highest BCUT2D eigenvalue weighted by Crippen LogP contribution is 2.55. The van der Waals surface area contributed by atoms with Crippen molar-refractivity contribution in [2.24, 2.45) is 0 Å². The molecule has 2 aliphatic heterocycles. The van der Waals surface area contributed by atoms with E-state index in [0.717, 1.165) is 0 Å². The highest BCUT2D eigenvalue weighted by Gasteiger charge is 2.48. The summed E-state index contributed by atoms with van der Waals surface area (Å²) in [6.45, 7) is 23.2. The molecular weight excluding hydrogens is 844 g/mol. The number of benzene rings is 9. The van der Waals surface area contributed by atoms with Gasteiger partial charge in [-0.15, -0.1) is 0 Å². The predicted octanol–water partition coefficient (Wildman–Crippen LogP) is 16.9. The van der Waals surface area contributed by atoms with E-state index in [1.54, 1.807) is 0 Å². The average Bonchev–Trinajstić information content (AvgIpc) is 3.58. The van der Waals surface area contributed by atoms with E-state index >= 15 is 0 Å². The lowest BCUT2D eigenvalue weighted by Crippen LogP contribution is -2.61. The first kappa shape index (κ1) is 43.9. The molecule has 342 valence electrons. The van der Waals surface area contributed by atoms with Crippen molar-refractivity contribution in [1.29, 1.82) is 0 Å². The van der Waals surface area contributed by atoms with Crippen molar-refractivity contribution in [3.63, 3.8) is 0 Å². The maximum atomic E-state index is 2.68. The normalized spacial score (nSPS) is 14.2. The maximum absolute atomic E-state index is 2.68. The topological polar surface area (TPSA) is 6.48 Å². The minimum Gasteiger partial charge on any atom is -0.376 e. The minimum atomic E-state index is -0.193. The van der Waals surface area contributed by atoms with E-state index in [1.807, 2.05) is 0 Å². The third-order valence-electron chi connectivity index (χ3n) is 15.8. The molecule has 9 aromatic carbocycles. The van der Waals surface area contributed by atoms with Gasteiger partial charge in [-0.05, 0) is 168 Å². The van der Waals surface area contributed by atoms with Gasteiger partial charge < -0.3 is 9.71 Å². The number of hydrogen-bond donors (Lipinski definition) is 0. The molecule has 0 spiro atoms. The Morgan fingerprint density at radius 2 is 1.01 bits per heavy atom. The van der Waals surface area contributed by atoms with Crippen LogP contribution in [0.25, 0.3) is 55.6 Å². The maximum Gasteiger partial charge on any atom is 0.333 e. The molecule has 0 bridgehead atoms. The molecule has 9 aromatic rings. The van der Waals surface area contributed by atoms with Crippen LogP contribution in [0.15, 0.2) is 188 Å². The molecule has 0 aromatic heterocycles. The summed E-state index contributed by atoms with van der Waals surface area (Å²) in [4.78, 5) is 5.34. The van der Waals surface area contributed by atoms with Gasteiger partial charge in [0.15, 0.2) is 0 Å². The Kier molecular flexibility index (Phi) is 9.93. The zero-order chi connectivity index (χ0) is 48.4. The van der Waals surface area contributed by atoms with E-state index < -0.39 is 0 Å². The van der Waals surface area contributed by atoms with Gasteiger partial charge in [0.2, 0.25) is 0 Å². The van der Waals surface area contributed by atoms with Crippen molar-refractivity contribution < 1.29 is 0 Å². The molecule has 0 saturated carbocycles. The Morgan fingerprint density at radius 3 is 1.70 bits per heavy atom. The van der Waals surface area contributed by atoms with Gasteiger partial charge in [0.1, 0.15) is 0 Å². The molecule has 70 heavy (non-hydrogen) atoms. The lowest BCUT2D eigenvalue weighted by molar-refractivity contribution is 0.590. The van der Waals surface area contributed by atoms with E-state index in [9.17, 15) is 0 Å². The number of aryl methyl sites for hydroxylation is 2. The standard InChI is InChI=1S/C67H61BN2/c1-42-20-19-21-43(2)63(42)47-37-55-54-36-46(44-22-13-11-14-23-44)28-34-60(54)70(50-32-29-48(30-33-50)65(3,4)5)68-58-41-57-53(51-26-17-18-27-56(51)67(57,9)10)40-61(58)69(62(38-47)64(55)68)59-35-31-49(66(6,7)8)39-52(59)45-24-15-12-16-25-45/h11-41H,1-10H3. The summed E-state index contributed by atoms with van der Waals surface area (Å²) >= 11 is 0. The molecule has 2 nitrogen and oxygen atoms in total. The number of nitrogens with zero attached hydrogens (tertiary/aromatic N) is 2. The van der Waals surface area contributed by atoms with Crippen LogP contribution in [-0.2, 0) is 16.2 Å². The van der Waals surface area contributed by atoms with Crippen molar-refractivity contribution in [1.82, 2.24) is 0 Å². The predicted molar refractivity (Wildman–Crippen MR) is 301 cm³/mol. The lowest BCUT2D eigenvalue weighted by Gasteiger charge is -2.47. The smallest absolute Gasteiger partial charge is 0.333 e. The third kappa shape index (κ3) is 6.84. The highest BCUT2D eigenvalue weighted by atomic mass is 15.2. The van der Waals surface area contributed by atoms with Gasteiger partial charge in [-0.25, -0.2) is 0 Å². The summed E-state index contributed by atoms with van der Waals surface area (Å²) in [6, 6.07) is 72.0. The zero-order valence-corrected chi connectivity index (χ0v) is 42.4. The molecule has 0 fully saturated rings. The summed E-state index contributed by atoms with van der Waals surface area (Å²) in [6.07, 6.45) is 0. The van der Waals surface area contributed by atoms with Crippen LogP contribution >= 0.6 is 0 Å². The molecule has 12 rings (SSSR count). The molecule has 0 saturated heterocycles. The van der Waals surface area contributed by atoms with Gasteiger partial charge >= 0.3 is 6.85 Å². The second-order valence-electron chi connectivity index (χ2n) is 22.7. The van der Waals surface area contributed by atoms with Gasteiger partial charge in [-0.3, -0.25) is 0 Å². The fraction of sp³-hybridized carbons (Fsp3) is 0.194. The number of fused-ring (bicyclic) bond motifs is 7. The van der Waals surface area contributed by atoms with E-state index in [1.165, 1.54) is 128 Å². The van der Waals surface area contributed by atoms with Gasteiger partial charge in [0, 0.05) is 39.3 Å².